The molecule has 1 amide bonds. The average Bonchev–Trinajstić information content (AvgIpc) is 2.94. The van der Waals surface area contributed by atoms with E-state index in [4.69, 9.17) is 0 Å². The van der Waals surface area contributed by atoms with Gasteiger partial charge in [-0.25, -0.2) is 9.37 Å². The first kappa shape index (κ1) is 18.0. The minimum Gasteiger partial charge on any atom is -0.348 e. The molecular weight excluding hydrogens is 337 g/mol. The van der Waals surface area contributed by atoms with E-state index in [9.17, 15) is 9.18 Å². The van der Waals surface area contributed by atoms with E-state index in [0.717, 1.165) is 23.4 Å². The van der Waals surface area contributed by atoms with Crippen molar-refractivity contribution in [2.24, 2.45) is 0 Å². The summed E-state index contributed by atoms with van der Waals surface area (Å²) in [7, 11) is 0. The van der Waals surface area contributed by atoms with Gasteiger partial charge in [0.1, 0.15) is 16.5 Å². The van der Waals surface area contributed by atoms with Gasteiger partial charge in [0, 0.05) is 28.1 Å². The lowest BCUT2D eigenvalue weighted by molar-refractivity contribution is 0.0869. The predicted octanol–water partition coefficient (Wildman–Crippen LogP) is 3.99. The number of rotatable bonds is 3. The van der Waals surface area contributed by atoms with Gasteiger partial charge in [-0.15, -0.1) is 11.3 Å². The molecule has 4 nitrogen and oxygen atoms in total. The Morgan fingerprint density at radius 1 is 1.20 bits per heavy atom. The molecule has 1 aliphatic heterocycles. The van der Waals surface area contributed by atoms with Crippen molar-refractivity contribution in [2.45, 2.75) is 57.7 Å². The van der Waals surface area contributed by atoms with Crippen LogP contribution < -0.4 is 10.6 Å². The SMILES string of the molecule is CC1(C)CC(NC(=O)c2csc(-c3ccc(F)cc3)n2)CC(C)(C)N1. The van der Waals surface area contributed by atoms with Crippen LogP contribution in [0.2, 0.25) is 0 Å². The molecule has 0 aliphatic carbocycles. The van der Waals surface area contributed by atoms with Crippen LogP contribution >= 0.6 is 11.3 Å². The van der Waals surface area contributed by atoms with Crippen LogP contribution in [0.3, 0.4) is 0 Å². The van der Waals surface area contributed by atoms with Gasteiger partial charge in [-0.3, -0.25) is 4.79 Å². The Hall–Kier alpha value is -1.79. The largest absolute Gasteiger partial charge is 0.348 e. The van der Waals surface area contributed by atoms with Crippen molar-refractivity contribution in [3.63, 3.8) is 0 Å². The van der Waals surface area contributed by atoms with Crippen molar-refractivity contribution in [2.75, 3.05) is 0 Å². The fraction of sp³-hybridized carbons (Fsp3) is 0.474. The van der Waals surface area contributed by atoms with Gasteiger partial charge in [-0.2, -0.15) is 0 Å². The zero-order valence-electron chi connectivity index (χ0n) is 15.0. The van der Waals surface area contributed by atoms with Crippen molar-refractivity contribution in [1.82, 2.24) is 15.6 Å². The van der Waals surface area contributed by atoms with E-state index in [2.05, 4.69) is 43.3 Å². The first-order valence-corrected chi connectivity index (χ1v) is 9.33. The zero-order valence-corrected chi connectivity index (χ0v) is 15.8. The summed E-state index contributed by atoms with van der Waals surface area (Å²) >= 11 is 1.39. The summed E-state index contributed by atoms with van der Waals surface area (Å²) < 4.78 is 13.0. The van der Waals surface area contributed by atoms with E-state index in [0.29, 0.717) is 5.69 Å². The highest BCUT2D eigenvalue weighted by molar-refractivity contribution is 7.13. The summed E-state index contributed by atoms with van der Waals surface area (Å²) in [5, 5.41) is 9.21. The second kappa shape index (κ2) is 6.50. The second-order valence-electron chi connectivity index (χ2n) is 8.02. The molecule has 1 saturated heterocycles. The molecule has 134 valence electrons. The number of nitrogens with zero attached hydrogens (tertiary/aromatic N) is 1. The van der Waals surface area contributed by atoms with E-state index < -0.39 is 0 Å². The number of benzene rings is 1. The number of hydrogen-bond acceptors (Lipinski definition) is 4. The lowest BCUT2D eigenvalue weighted by Gasteiger charge is -2.46. The molecule has 1 fully saturated rings. The van der Waals surface area contributed by atoms with Crippen LogP contribution in [0.5, 0.6) is 0 Å². The number of carbonyl (C=O) groups is 1. The zero-order chi connectivity index (χ0) is 18.2. The Bertz CT molecular complexity index is 751. The molecule has 0 bridgehead atoms. The maximum atomic E-state index is 13.0. The third kappa shape index (κ3) is 4.44. The Labute approximate surface area is 151 Å². The maximum Gasteiger partial charge on any atom is 0.270 e. The van der Waals surface area contributed by atoms with E-state index in [1.54, 1.807) is 17.5 Å². The maximum absolute atomic E-state index is 13.0. The standard InChI is InChI=1S/C19H24FN3OS/c1-18(2)9-14(10-19(3,4)23-18)21-16(24)15-11-25-17(22-15)12-5-7-13(20)8-6-12/h5-8,11,14,23H,9-10H2,1-4H3,(H,21,24). The minimum atomic E-state index is -0.283. The third-order valence-corrected chi connectivity index (χ3v) is 5.24. The van der Waals surface area contributed by atoms with Crippen molar-refractivity contribution < 1.29 is 9.18 Å². The highest BCUT2D eigenvalue weighted by Crippen LogP contribution is 2.29. The molecule has 0 atom stereocenters. The van der Waals surface area contributed by atoms with E-state index in [1.807, 2.05) is 0 Å². The molecule has 0 spiro atoms. The molecule has 2 aromatic rings. The van der Waals surface area contributed by atoms with Gasteiger partial charge >= 0.3 is 0 Å². The van der Waals surface area contributed by atoms with Gasteiger partial charge in [-0.1, -0.05) is 0 Å². The van der Waals surface area contributed by atoms with Gasteiger partial charge < -0.3 is 10.6 Å². The van der Waals surface area contributed by atoms with Crippen molar-refractivity contribution >= 4 is 17.2 Å². The third-order valence-electron chi connectivity index (χ3n) is 4.35. The molecule has 0 saturated carbocycles. The van der Waals surface area contributed by atoms with Crippen molar-refractivity contribution in [1.29, 1.82) is 0 Å². The summed E-state index contributed by atoms with van der Waals surface area (Å²) in [5.74, 6) is -0.433. The number of nitrogens with one attached hydrogen (secondary N) is 2. The molecular formula is C19H24FN3OS. The van der Waals surface area contributed by atoms with Gasteiger partial charge in [0.2, 0.25) is 0 Å². The van der Waals surface area contributed by atoms with Crippen LogP contribution in [0.15, 0.2) is 29.6 Å². The summed E-state index contributed by atoms with van der Waals surface area (Å²) in [6, 6.07) is 6.25. The van der Waals surface area contributed by atoms with E-state index in [1.165, 1.54) is 23.5 Å². The number of thiazole rings is 1. The number of piperidine rings is 1. The number of aromatic nitrogens is 1. The number of hydrogen-bond donors (Lipinski definition) is 2. The second-order valence-corrected chi connectivity index (χ2v) is 8.87. The number of halogens is 1. The molecule has 6 heteroatoms. The van der Waals surface area contributed by atoms with Crippen LogP contribution in [0, 0.1) is 5.82 Å². The topological polar surface area (TPSA) is 54.0 Å². The number of carbonyl (C=O) groups excluding carboxylic acids is 1. The van der Waals surface area contributed by atoms with Gasteiger partial charge in [0.05, 0.1) is 0 Å². The smallest absolute Gasteiger partial charge is 0.270 e. The van der Waals surface area contributed by atoms with Gasteiger partial charge in [0.25, 0.3) is 5.91 Å². The fourth-order valence-electron chi connectivity index (χ4n) is 3.79. The molecule has 0 unspecified atom stereocenters. The molecule has 1 aliphatic rings. The molecule has 0 radical (unpaired) electrons. The normalized spacial score (nSPS) is 19.6. The molecule has 2 N–H and O–H groups in total. The number of amides is 1. The van der Waals surface area contributed by atoms with Crippen LogP contribution in [0.4, 0.5) is 4.39 Å². The molecule has 3 rings (SSSR count). The van der Waals surface area contributed by atoms with Crippen molar-refractivity contribution in [3.05, 3.63) is 41.2 Å². The summed E-state index contributed by atoms with van der Waals surface area (Å²) in [6.07, 6.45) is 1.74. The Morgan fingerprint density at radius 3 is 2.40 bits per heavy atom. The van der Waals surface area contributed by atoms with Gasteiger partial charge in [0.15, 0.2) is 0 Å². The van der Waals surface area contributed by atoms with E-state index >= 15 is 0 Å². The molecule has 2 heterocycles. The van der Waals surface area contributed by atoms with Crippen LogP contribution in [-0.4, -0.2) is 28.0 Å². The van der Waals surface area contributed by atoms with Crippen molar-refractivity contribution in [3.8, 4) is 10.6 Å². The highest BCUT2D eigenvalue weighted by Gasteiger charge is 2.38. The van der Waals surface area contributed by atoms with Crippen LogP contribution in [-0.2, 0) is 0 Å². The summed E-state index contributed by atoms with van der Waals surface area (Å²) in [4.78, 5) is 17.0. The quantitative estimate of drug-likeness (QED) is 0.869. The summed E-state index contributed by atoms with van der Waals surface area (Å²) in [6.45, 7) is 8.62. The van der Waals surface area contributed by atoms with E-state index in [-0.39, 0.29) is 28.8 Å². The summed E-state index contributed by atoms with van der Waals surface area (Å²) in [5.41, 5.74) is 1.18. The van der Waals surface area contributed by atoms with Gasteiger partial charge in [-0.05, 0) is 64.8 Å². The Morgan fingerprint density at radius 2 is 1.80 bits per heavy atom. The monoisotopic (exact) mass is 361 g/mol. The molecule has 25 heavy (non-hydrogen) atoms. The fourth-order valence-corrected chi connectivity index (χ4v) is 4.59. The first-order chi connectivity index (χ1) is 11.6. The lowest BCUT2D eigenvalue weighted by atomic mass is 9.79. The predicted molar refractivity (Wildman–Crippen MR) is 99.3 cm³/mol. The Balaban J connectivity index is 1.71. The molecule has 1 aromatic carbocycles. The first-order valence-electron chi connectivity index (χ1n) is 8.45. The van der Waals surface area contributed by atoms with Crippen LogP contribution in [0.1, 0.15) is 51.0 Å². The highest BCUT2D eigenvalue weighted by atomic mass is 32.1. The van der Waals surface area contributed by atoms with Crippen LogP contribution in [0.25, 0.3) is 10.6 Å². The molecule has 1 aromatic heterocycles. The Kier molecular flexibility index (Phi) is 4.68. The minimum absolute atomic E-state index is 0.0267. The average molecular weight is 361 g/mol. The lowest BCUT2D eigenvalue weighted by Crippen LogP contribution is -2.62.